The zero-order valence-corrected chi connectivity index (χ0v) is 13.4. The van der Waals surface area contributed by atoms with Gasteiger partial charge in [0.15, 0.2) is 5.78 Å². The summed E-state index contributed by atoms with van der Waals surface area (Å²) in [7, 11) is 0. The second-order valence-corrected chi connectivity index (χ2v) is 7.02. The molecule has 0 aliphatic heterocycles. The minimum absolute atomic E-state index is 0.113. The van der Waals surface area contributed by atoms with Crippen molar-refractivity contribution in [2.75, 3.05) is 0 Å². The van der Waals surface area contributed by atoms with E-state index in [4.69, 9.17) is 0 Å². The van der Waals surface area contributed by atoms with Gasteiger partial charge in [0, 0.05) is 6.42 Å². The fourth-order valence-corrected chi connectivity index (χ4v) is 2.76. The van der Waals surface area contributed by atoms with Crippen molar-refractivity contribution in [2.24, 2.45) is 5.41 Å². The summed E-state index contributed by atoms with van der Waals surface area (Å²) >= 11 is 2.35. The van der Waals surface area contributed by atoms with Crippen LogP contribution in [0, 0.1) is 5.41 Å². The average Bonchev–Trinajstić information content (AvgIpc) is 2.41. The Labute approximate surface area is 128 Å². The van der Waals surface area contributed by atoms with Crippen LogP contribution in [0.5, 0.6) is 0 Å². The van der Waals surface area contributed by atoms with E-state index in [1.54, 1.807) is 6.08 Å². The van der Waals surface area contributed by atoms with E-state index in [-0.39, 0.29) is 11.2 Å². The number of allylic oxidation sites excluding steroid dienone is 4. The van der Waals surface area contributed by atoms with Crippen LogP contribution in [0.3, 0.4) is 0 Å². The third-order valence-corrected chi connectivity index (χ3v) is 4.12. The van der Waals surface area contributed by atoms with E-state index < -0.39 is 0 Å². The van der Waals surface area contributed by atoms with Gasteiger partial charge in [-0.25, -0.2) is 0 Å². The number of hydrogen-bond donors (Lipinski definition) is 0. The van der Waals surface area contributed by atoms with Crippen LogP contribution in [-0.2, 0) is 11.2 Å². The molecule has 0 amide bonds. The molecule has 0 aromatic heterocycles. The second kappa shape index (κ2) is 6.51. The lowest BCUT2D eigenvalue weighted by Crippen LogP contribution is -2.25. The van der Waals surface area contributed by atoms with E-state index >= 15 is 0 Å². The summed E-state index contributed by atoms with van der Waals surface area (Å²) in [5, 5.41) is 0. The first-order valence-electron chi connectivity index (χ1n) is 6.68. The lowest BCUT2D eigenvalue weighted by molar-refractivity contribution is -0.115. The van der Waals surface area contributed by atoms with Crippen LogP contribution in [-0.4, -0.2) is 5.78 Å². The third-order valence-electron chi connectivity index (χ3n) is 3.68. The van der Waals surface area contributed by atoms with Gasteiger partial charge in [-0.1, -0.05) is 42.5 Å². The van der Waals surface area contributed by atoms with Crippen LogP contribution < -0.4 is 0 Å². The maximum Gasteiger partial charge on any atom is 0.155 e. The minimum Gasteiger partial charge on any atom is -0.295 e. The first-order valence-corrected chi connectivity index (χ1v) is 7.76. The fraction of sp³-hybridized carbons (Fsp3) is 0.353. The van der Waals surface area contributed by atoms with Gasteiger partial charge in [-0.15, -0.1) is 0 Å². The molecule has 0 radical (unpaired) electrons. The lowest BCUT2D eigenvalue weighted by Gasteiger charge is -2.32. The van der Waals surface area contributed by atoms with Gasteiger partial charge in [-0.2, -0.15) is 0 Å². The van der Waals surface area contributed by atoms with Crippen LogP contribution in [0.1, 0.15) is 31.7 Å². The third kappa shape index (κ3) is 4.30. The molecule has 1 aromatic carbocycles. The Morgan fingerprint density at radius 2 is 2.11 bits per heavy atom. The normalized spacial score (nSPS) is 23.7. The number of benzene rings is 1. The Balaban J connectivity index is 2.22. The average molecular weight is 366 g/mol. The monoisotopic (exact) mass is 366 g/mol. The molecule has 0 bridgehead atoms. The Morgan fingerprint density at radius 3 is 2.68 bits per heavy atom. The molecule has 1 unspecified atom stereocenters. The number of carbonyl (C=O) groups is 1. The van der Waals surface area contributed by atoms with Crippen molar-refractivity contribution in [1.29, 1.82) is 0 Å². The molecule has 19 heavy (non-hydrogen) atoms. The zero-order chi connectivity index (χ0) is 13.7. The summed E-state index contributed by atoms with van der Waals surface area (Å²) < 4.78 is 1.32. The molecule has 1 aromatic rings. The van der Waals surface area contributed by atoms with Crippen LogP contribution >= 0.6 is 22.6 Å². The maximum absolute atomic E-state index is 11.4. The van der Waals surface area contributed by atoms with Gasteiger partial charge in [-0.3, -0.25) is 4.79 Å². The molecule has 0 N–H and O–H groups in total. The van der Waals surface area contributed by atoms with Crippen molar-refractivity contribution in [1.82, 2.24) is 0 Å². The molecular weight excluding hydrogens is 347 g/mol. The molecule has 0 spiro atoms. The number of rotatable bonds is 4. The second-order valence-electron chi connectivity index (χ2n) is 5.32. The Morgan fingerprint density at radius 1 is 1.37 bits per heavy atom. The molecule has 0 fully saturated rings. The quantitative estimate of drug-likeness (QED) is 0.696. The molecule has 100 valence electrons. The van der Waals surface area contributed by atoms with Crippen LogP contribution in [0.4, 0.5) is 0 Å². The summed E-state index contributed by atoms with van der Waals surface area (Å²) in [6.07, 6.45) is 9.86. The number of halogens is 1. The van der Waals surface area contributed by atoms with Gasteiger partial charge in [-0.05, 0) is 69.4 Å². The van der Waals surface area contributed by atoms with Crippen molar-refractivity contribution in [3.05, 3.63) is 57.7 Å². The van der Waals surface area contributed by atoms with Crippen molar-refractivity contribution in [3.8, 4) is 0 Å². The minimum atomic E-state index is 0.113. The predicted octanol–water partition coefficient (Wildman–Crippen LogP) is 4.86. The molecule has 2 heteroatoms. The summed E-state index contributed by atoms with van der Waals surface area (Å²) in [5.74, 6) is 0.263. The highest BCUT2D eigenvalue weighted by atomic mass is 127. The van der Waals surface area contributed by atoms with Crippen molar-refractivity contribution in [2.45, 2.75) is 32.6 Å². The predicted molar refractivity (Wildman–Crippen MR) is 88.4 cm³/mol. The van der Waals surface area contributed by atoms with Crippen molar-refractivity contribution >= 4 is 28.4 Å². The molecule has 1 aliphatic carbocycles. The first kappa shape index (κ1) is 14.5. The van der Waals surface area contributed by atoms with Crippen LogP contribution in [0.2, 0.25) is 0 Å². The summed E-state index contributed by atoms with van der Waals surface area (Å²) in [6.45, 7) is 2.12. The molecule has 1 atom stereocenters. The Bertz CT molecular complexity index is 497. The molecule has 2 rings (SSSR count). The first-order chi connectivity index (χ1) is 9.10. The van der Waals surface area contributed by atoms with Crippen molar-refractivity contribution < 1.29 is 4.79 Å². The zero-order valence-electron chi connectivity index (χ0n) is 11.2. The molecule has 0 saturated carbocycles. The van der Waals surface area contributed by atoms with Crippen molar-refractivity contribution in [3.63, 3.8) is 0 Å². The summed E-state index contributed by atoms with van der Waals surface area (Å²) in [4.78, 5) is 11.4. The SMILES string of the molecule is C/C(I)=C/CC1(Cc2ccccc2)C=CC(=O)CC1. The lowest BCUT2D eigenvalue weighted by atomic mass is 9.72. The molecule has 1 aliphatic rings. The highest BCUT2D eigenvalue weighted by Gasteiger charge is 2.29. The van der Waals surface area contributed by atoms with Crippen LogP contribution in [0.25, 0.3) is 0 Å². The number of ketones is 1. The van der Waals surface area contributed by atoms with E-state index in [0.29, 0.717) is 6.42 Å². The maximum atomic E-state index is 11.4. The van der Waals surface area contributed by atoms with Gasteiger partial charge in [0.2, 0.25) is 0 Å². The van der Waals surface area contributed by atoms with Crippen LogP contribution in [0.15, 0.2) is 52.1 Å². The smallest absolute Gasteiger partial charge is 0.155 e. The van der Waals surface area contributed by atoms with Gasteiger partial charge in [0.1, 0.15) is 0 Å². The van der Waals surface area contributed by atoms with Gasteiger partial charge >= 0.3 is 0 Å². The van der Waals surface area contributed by atoms with Gasteiger partial charge in [0.05, 0.1) is 0 Å². The van der Waals surface area contributed by atoms with E-state index in [9.17, 15) is 4.79 Å². The fourth-order valence-electron chi connectivity index (χ4n) is 2.54. The molecule has 0 heterocycles. The Kier molecular flexibility index (Phi) is 4.97. The van der Waals surface area contributed by atoms with E-state index in [2.05, 4.69) is 65.9 Å². The van der Waals surface area contributed by atoms with E-state index in [1.165, 1.54) is 9.14 Å². The molecule has 0 saturated heterocycles. The summed E-state index contributed by atoms with van der Waals surface area (Å²) in [5.41, 5.74) is 1.46. The highest BCUT2D eigenvalue weighted by Crippen LogP contribution is 2.38. The van der Waals surface area contributed by atoms with E-state index in [0.717, 1.165) is 19.3 Å². The number of hydrogen-bond acceptors (Lipinski definition) is 1. The van der Waals surface area contributed by atoms with Gasteiger partial charge < -0.3 is 0 Å². The standard InChI is InChI=1S/C17H19IO/c1-14(18)7-10-17(11-8-16(19)9-12-17)13-15-5-3-2-4-6-15/h2-8,11H,9-10,12-13H2,1H3/b14-7-. The highest BCUT2D eigenvalue weighted by molar-refractivity contribution is 14.1. The number of carbonyl (C=O) groups excluding carboxylic acids is 1. The van der Waals surface area contributed by atoms with E-state index in [1.807, 2.05) is 6.07 Å². The Hall–Kier alpha value is -0.900. The molecule has 1 nitrogen and oxygen atoms in total. The topological polar surface area (TPSA) is 17.1 Å². The van der Waals surface area contributed by atoms with Gasteiger partial charge in [0.25, 0.3) is 0 Å². The largest absolute Gasteiger partial charge is 0.295 e. The summed E-state index contributed by atoms with van der Waals surface area (Å²) in [6, 6.07) is 10.6. The molecular formula is C17H19IO.